The van der Waals surface area contributed by atoms with Crippen molar-refractivity contribution in [2.45, 2.75) is 10.8 Å². The summed E-state index contributed by atoms with van der Waals surface area (Å²) in [5.74, 6) is 0.311. The molecule has 5 nitrogen and oxygen atoms in total. The van der Waals surface area contributed by atoms with Crippen molar-refractivity contribution in [3.63, 3.8) is 0 Å². The molecule has 3 rings (SSSR count). The van der Waals surface area contributed by atoms with Crippen molar-refractivity contribution in [1.82, 2.24) is 9.78 Å². The second-order valence-electron chi connectivity index (χ2n) is 4.56. The maximum atomic E-state index is 12.1. The maximum absolute atomic E-state index is 12.1. The van der Waals surface area contributed by atoms with E-state index >= 15 is 0 Å². The van der Waals surface area contributed by atoms with Crippen LogP contribution in [0.25, 0.3) is 0 Å². The van der Waals surface area contributed by atoms with Crippen molar-refractivity contribution >= 4 is 43.1 Å². The fourth-order valence-electron chi connectivity index (χ4n) is 1.89. The quantitative estimate of drug-likeness (QED) is 0.715. The molecule has 0 fully saturated rings. The monoisotopic (exact) mass is 397 g/mol. The lowest BCUT2D eigenvalue weighted by atomic mass is 10.2. The summed E-state index contributed by atoms with van der Waals surface area (Å²) in [7, 11) is -3.55. The van der Waals surface area contributed by atoms with Crippen LogP contribution in [-0.2, 0) is 16.6 Å². The number of anilines is 1. The molecule has 22 heavy (non-hydrogen) atoms. The standard InChI is InChI=1S/C14H12BrN3O2S2/c15-12-5-3-11(4-6-12)10-18-8-7-13(16-18)17-22(19,20)14-2-1-9-21-14/h1-9H,10H2,(H,16,17). The number of hydrogen-bond donors (Lipinski definition) is 1. The Labute approximate surface area is 140 Å². The predicted molar refractivity (Wildman–Crippen MR) is 90.6 cm³/mol. The molecule has 1 aromatic carbocycles. The van der Waals surface area contributed by atoms with Crippen LogP contribution < -0.4 is 4.72 Å². The van der Waals surface area contributed by atoms with Crippen LogP contribution in [0.15, 0.2) is 62.7 Å². The molecule has 0 radical (unpaired) electrons. The van der Waals surface area contributed by atoms with Gasteiger partial charge in [0.15, 0.2) is 5.82 Å². The lowest BCUT2D eigenvalue weighted by Gasteiger charge is -2.04. The van der Waals surface area contributed by atoms with E-state index in [9.17, 15) is 8.42 Å². The molecule has 2 aromatic heterocycles. The first-order valence-corrected chi connectivity index (χ1v) is 9.53. The molecule has 1 N–H and O–H groups in total. The SMILES string of the molecule is O=S(=O)(Nc1ccn(Cc2ccc(Br)cc2)n1)c1cccs1. The molecule has 3 aromatic rings. The lowest BCUT2D eigenvalue weighted by molar-refractivity contribution is 0.602. The fourth-order valence-corrected chi connectivity index (χ4v) is 4.14. The molecule has 0 saturated carbocycles. The van der Waals surface area contributed by atoms with Gasteiger partial charge in [-0.25, -0.2) is 8.42 Å². The Hall–Kier alpha value is -1.64. The minimum Gasteiger partial charge on any atom is -0.266 e. The van der Waals surface area contributed by atoms with Gasteiger partial charge in [-0.15, -0.1) is 11.3 Å². The van der Waals surface area contributed by atoms with E-state index in [0.29, 0.717) is 12.4 Å². The van der Waals surface area contributed by atoms with Crippen LogP contribution in [0.1, 0.15) is 5.56 Å². The van der Waals surface area contributed by atoms with E-state index in [-0.39, 0.29) is 4.21 Å². The Kier molecular flexibility index (Phi) is 4.32. The Morgan fingerprint density at radius 1 is 1.18 bits per heavy atom. The minimum absolute atomic E-state index is 0.273. The molecule has 0 amide bonds. The molecule has 0 aliphatic heterocycles. The number of nitrogens with zero attached hydrogens (tertiary/aromatic N) is 2. The van der Waals surface area contributed by atoms with Crippen LogP contribution in [0.5, 0.6) is 0 Å². The molecule has 0 aliphatic rings. The van der Waals surface area contributed by atoms with E-state index in [2.05, 4.69) is 25.8 Å². The highest BCUT2D eigenvalue weighted by Gasteiger charge is 2.16. The van der Waals surface area contributed by atoms with Crippen LogP contribution in [0.2, 0.25) is 0 Å². The average molecular weight is 398 g/mol. The smallest absolute Gasteiger partial charge is 0.266 e. The summed E-state index contributed by atoms with van der Waals surface area (Å²) < 4.78 is 29.7. The zero-order chi connectivity index (χ0) is 15.6. The van der Waals surface area contributed by atoms with E-state index in [1.54, 1.807) is 34.5 Å². The lowest BCUT2D eigenvalue weighted by Crippen LogP contribution is -2.12. The average Bonchev–Trinajstić information content (AvgIpc) is 3.13. The number of hydrogen-bond acceptors (Lipinski definition) is 4. The van der Waals surface area contributed by atoms with Gasteiger partial charge >= 0.3 is 0 Å². The summed E-state index contributed by atoms with van der Waals surface area (Å²) in [6.45, 7) is 0.577. The number of halogens is 1. The molecule has 0 unspecified atom stereocenters. The highest BCUT2D eigenvalue weighted by Crippen LogP contribution is 2.19. The number of rotatable bonds is 5. The molecule has 2 heterocycles. The van der Waals surface area contributed by atoms with Gasteiger partial charge in [-0.3, -0.25) is 9.40 Å². The fraction of sp³-hybridized carbons (Fsp3) is 0.0714. The molecular formula is C14H12BrN3O2S2. The van der Waals surface area contributed by atoms with Gasteiger partial charge in [0.1, 0.15) is 4.21 Å². The molecule has 0 atom stereocenters. The van der Waals surface area contributed by atoms with Crippen molar-refractivity contribution in [2.24, 2.45) is 0 Å². The molecular weight excluding hydrogens is 386 g/mol. The van der Waals surface area contributed by atoms with E-state index in [4.69, 9.17) is 0 Å². The van der Waals surface area contributed by atoms with Gasteiger partial charge in [0.05, 0.1) is 6.54 Å². The van der Waals surface area contributed by atoms with E-state index in [1.807, 2.05) is 24.3 Å². The number of thiophene rings is 1. The van der Waals surface area contributed by atoms with Crippen LogP contribution in [0, 0.1) is 0 Å². The van der Waals surface area contributed by atoms with Gasteiger partial charge in [0.25, 0.3) is 10.0 Å². The number of sulfonamides is 1. The van der Waals surface area contributed by atoms with Gasteiger partial charge in [-0.2, -0.15) is 5.10 Å². The first-order valence-electron chi connectivity index (χ1n) is 6.37. The molecule has 8 heteroatoms. The maximum Gasteiger partial charge on any atom is 0.272 e. The van der Waals surface area contributed by atoms with Gasteiger partial charge < -0.3 is 0 Å². The zero-order valence-corrected chi connectivity index (χ0v) is 14.5. The van der Waals surface area contributed by atoms with Crippen molar-refractivity contribution < 1.29 is 8.42 Å². The van der Waals surface area contributed by atoms with E-state index < -0.39 is 10.0 Å². The van der Waals surface area contributed by atoms with E-state index in [0.717, 1.165) is 10.0 Å². The third-order valence-electron chi connectivity index (χ3n) is 2.90. The number of benzene rings is 1. The van der Waals surface area contributed by atoms with Crippen LogP contribution >= 0.6 is 27.3 Å². The number of nitrogens with one attached hydrogen (secondary N) is 1. The first-order chi connectivity index (χ1) is 10.5. The Morgan fingerprint density at radius 2 is 1.95 bits per heavy atom. The molecule has 0 aliphatic carbocycles. The summed E-state index contributed by atoms with van der Waals surface area (Å²) in [5.41, 5.74) is 1.08. The Bertz CT molecular complexity index is 856. The van der Waals surface area contributed by atoms with Gasteiger partial charge in [0.2, 0.25) is 0 Å². The summed E-state index contributed by atoms with van der Waals surface area (Å²) in [6.07, 6.45) is 1.74. The van der Waals surface area contributed by atoms with Gasteiger partial charge in [0, 0.05) is 16.7 Å². The predicted octanol–water partition coefficient (Wildman–Crippen LogP) is 3.56. The molecule has 0 bridgehead atoms. The molecule has 114 valence electrons. The highest BCUT2D eigenvalue weighted by molar-refractivity contribution is 9.10. The van der Waals surface area contributed by atoms with Gasteiger partial charge in [-0.1, -0.05) is 34.1 Å². The normalized spacial score (nSPS) is 11.5. The summed E-state index contributed by atoms with van der Waals surface area (Å²) in [5, 5.41) is 5.97. The van der Waals surface area contributed by atoms with Crippen molar-refractivity contribution in [3.05, 3.63) is 64.1 Å². The molecule has 0 spiro atoms. The third kappa shape index (κ3) is 3.57. The Morgan fingerprint density at radius 3 is 2.64 bits per heavy atom. The van der Waals surface area contributed by atoms with Crippen LogP contribution in [0.4, 0.5) is 5.82 Å². The minimum atomic E-state index is -3.55. The Balaban J connectivity index is 1.73. The second kappa shape index (κ2) is 6.23. The van der Waals surface area contributed by atoms with Crippen LogP contribution in [0.3, 0.4) is 0 Å². The summed E-state index contributed by atoms with van der Waals surface area (Å²) in [4.78, 5) is 0. The molecule has 0 saturated heterocycles. The van der Waals surface area contributed by atoms with Crippen molar-refractivity contribution in [3.8, 4) is 0 Å². The van der Waals surface area contributed by atoms with E-state index in [1.165, 1.54) is 11.3 Å². The summed E-state index contributed by atoms with van der Waals surface area (Å²) >= 11 is 4.56. The second-order valence-corrected chi connectivity index (χ2v) is 8.34. The number of aromatic nitrogens is 2. The van der Waals surface area contributed by atoms with Crippen LogP contribution in [-0.4, -0.2) is 18.2 Å². The van der Waals surface area contributed by atoms with Crippen molar-refractivity contribution in [2.75, 3.05) is 4.72 Å². The topological polar surface area (TPSA) is 64.0 Å². The third-order valence-corrected chi connectivity index (χ3v) is 6.18. The van der Waals surface area contributed by atoms with Gasteiger partial charge in [-0.05, 0) is 29.1 Å². The summed E-state index contributed by atoms with van der Waals surface area (Å²) in [6, 6.07) is 12.8. The van der Waals surface area contributed by atoms with Crippen molar-refractivity contribution in [1.29, 1.82) is 0 Å². The zero-order valence-electron chi connectivity index (χ0n) is 11.3. The first kappa shape index (κ1) is 15.3. The largest absolute Gasteiger partial charge is 0.272 e. The highest BCUT2D eigenvalue weighted by atomic mass is 79.9.